The van der Waals surface area contributed by atoms with E-state index in [1.54, 1.807) is 0 Å². The first-order valence-electron chi connectivity index (χ1n) is 19.8. The molecule has 1 aromatic rings. The molecule has 0 aromatic carbocycles. The maximum absolute atomic E-state index is 3.74. The smallest absolute Gasteiger partial charge is 0.247 e. The van der Waals surface area contributed by atoms with Crippen molar-refractivity contribution in [1.82, 2.24) is 4.98 Å². The molecule has 0 aliphatic rings. The van der Waals surface area contributed by atoms with Gasteiger partial charge in [-0.15, -0.1) is 0 Å². The second-order valence-corrected chi connectivity index (χ2v) is 14.0. The number of aromatic amines is 1. The summed E-state index contributed by atoms with van der Waals surface area (Å²) in [4.78, 5) is 3.74. The summed E-state index contributed by atoms with van der Waals surface area (Å²) in [5.74, 6) is 2.25. The van der Waals surface area contributed by atoms with E-state index in [0.717, 1.165) is 0 Å². The Morgan fingerprint density at radius 3 is 1.12 bits per heavy atom. The lowest BCUT2D eigenvalue weighted by molar-refractivity contribution is -0.727. The van der Waals surface area contributed by atoms with Crippen LogP contribution in [0.3, 0.4) is 0 Å². The summed E-state index contributed by atoms with van der Waals surface area (Å²) in [6, 6.07) is 0.620. The minimum atomic E-state index is 0.620. The normalized spacial score (nSPS) is 12.5. The van der Waals surface area contributed by atoms with Crippen LogP contribution in [0.2, 0.25) is 0 Å². The Morgan fingerprint density at radius 2 is 0.762 bits per heavy atom. The molecule has 0 radical (unpaired) electrons. The molecule has 0 bridgehead atoms. The first kappa shape index (κ1) is 39.2. The molecule has 0 saturated carbocycles. The third kappa shape index (κ3) is 21.8. The van der Waals surface area contributed by atoms with Gasteiger partial charge in [-0.25, -0.2) is 9.55 Å². The van der Waals surface area contributed by atoms with Crippen LogP contribution in [0.4, 0.5) is 0 Å². The van der Waals surface area contributed by atoms with Crippen LogP contribution < -0.4 is 4.57 Å². The van der Waals surface area contributed by atoms with Crippen LogP contribution in [0.25, 0.3) is 0 Å². The van der Waals surface area contributed by atoms with Gasteiger partial charge in [-0.2, -0.15) is 0 Å². The van der Waals surface area contributed by atoms with Crippen molar-refractivity contribution in [3.8, 4) is 0 Å². The van der Waals surface area contributed by atoms with Crippen molar-refractivity contribution in [2.75, 3.05) is 0 Å². The Bertz CT molecular complexity index is 632. The Labute approximate surface area is 266 Å². The van der Waals surface area contributed by atoms with Crippen molar-refractivity contribution < 1.29 is 4.57 Å². The molecule has 1 unspecified atom stereocenters. The molecule has 1 aromatic heterocycles. The minimum absolute atomic E-state index is 0.620. The van der Waals surface area contributed by atoms with E-state index in [1.807, 2.05) is 0 Å². The predicted molar refractivity (Wildman–Crippen MR) is 189 cm³/mol. The zero-order chi connectivity index (χ0) is 30.4. The number of nitrogens with one attached hydrogen (secondary N) is 1. The van der Waals surface area contributed by atoms with Gasteiger partial charge in [-0.3, -0.25) is 0 Å². The molecular formula is C40H79N2+. The van der Waals surface area contributed by atoms with E-state index in [1.165, 1.54) is 205 Å². The van der Waals surface area contributed by atoms with E-state index >= 15 is 0 Å². The third-order valence-corrected chi connectivity index (χ3v) is 9.89. The molecule has 0 spiro atoms. The number of H-pyrrole nitrogens is 1. The number of imidazole rings is 1. The Kier molecular flexibility index (Phi) is 28.3. The van der Waals surface area contributed by atoms with Crippen molar-refractivity contribution in [2.24, 2.45) is 0 Å². The van der Waals surface area contributed by atoms with E-state index in [4.69, 9.17) is 0 Å². The zero-order valence-corrected chi connectivity index (χ0v) is 29.7. The molecule has 1 heterocycles. The SMILES string of the molecule is CCCCCCCCCCCCCCCCC(C)[n+]1cc[nH]c1C(CCCCCCCCC)CCCCCCCCC. The Hall–Kier alpha value is -0.790. The fraction of sp³-hybridized carbons (Fsp3) is 0.925. The summed E-state index contributed by atoms with van der Waals surface area (Å²) in [5, 5.41) is 0. The third-order valence-electron chi connectivity index (χ3n) is 9.89. The number of unbranched alkanes of at least 4 members (excludes halogenated alkanes) is 25. The van der Waals surface area contributed by atoms with E-state index in [-0.39, 0.29) is 0 Å². The summed E-state index contributed by atoms with van der Waals surface area (Å²) >= 11 is 0. The lowest BCUT2D eigenvalue weighted by Crippen LogP contribution is -2.41. The number of hydrogen-bond donors (Lipinski definition) is 1. The van der Waals surface area contributed by atoms with Crippen LogP contribution in [-0.4, -0.2) is 4.98 Å². The van der Waals surface area contributed by atoms with Gasteiger partial charge in [-0.05, 0) is 32.6 Å². The van der Waals surface area contributed by atoms with Gasteiger partial charge in [0.15, 0.2) is 0 Å². The predicted octanol–water partition coefficient (Wildman–Crippen LogP) is 14.1. The summed E-state index contributed by atoms with van der Waals surface area (Å²) in [6.45, 7) is 9.42. The van der Waals surface area contributed by atoms with Crippen LogP contribution in [-0.2, 0) is 0 Å². The van der Waals surface area contributed by atoms with Gasteiger partial charge in [0.1, 0.15) is 12.4 Å². The highest BCUT2D eigenvalue weighted by Gasteiger charge is 2.25. The van der Waals surface area contributed by atoms with Gasteiger partial charge in [0.05, 0.1) is 12.0 Å². The van der Waals surface area contributed by atoms with Gasteiger partial charge < -0.3 is 0 Å². The van der Waals surface area contributed by atoms with E-state index in [2.05, 4.69) is 49.6 Å². The summed E-state index contributed by atoms with van der Waals surface area (Å²) in [5.41, 5.74) is 0. The summed E-state index contributed by atoms with van der Waals surface area (Å²) < 4.78 is 2.63. The molecule has 0 saturated heterocycles. The van der Waals surface area contributed by atoms with Gasteiger partial charge in [-0.1, -0.05) is 194 Å². The van der Waals surface area contributed by atoms with Crippen molar-refractivity contribution in [1.29, 1.82) is 0 Å². The Morgan fingerprint density at radius 1 is 0.452 bits per heavy atom. The molecule has 42 heavy (non-hydrogen) atoms. The quantitative estimate of drug-likeness (QED) is 0.0623. The molecular weight excluding hydrogens is 508 g/mol. The monoisotopic (exact) mass is 588 g/mol. The minimum Gasteiger partial charge on any atom is -0.247 e. The number of nitrogens with zero attached hydrogens (tertiary/aromatic N) is 1. The Balaban J connectivity index is 2.33. The maximum atomic E-state index is 3.74. The fourth-order valence-corrected chi connectivity index (χ4v) is 6.96. The van der Waals surface area contributed by atoms with Crippen LogP contribution in [0.1, 0.15) is 245 Å². The summed E-state index contributed by atoms with van der Waals surface area (Å²) in [6.07, 6.45) is 48.7. The van der Waals surface area contributed by atoms with E-state index < -0.39 is 0 Å². The van der Waals surface area contributed by atoms with Gasteiger partial charge >= 0.3 is 0 Å². The fourth-order valence-electron chi connectivity index (χ4n) is 6.96. The van der Waals surface area contributed by atoms with Gasteiger partial charge in [0.2, 0.25) is 0 Å². The van der Waals surface area contributed by atoms with Crippen LogP contribution in [0.5, 0.6) is 0 Å². The highest BCUT2D eigenvalue weighted by molar-refractivity contribution is 4.90. The number of rotatable bonds is 33. The van der Waals surface area contributed by atoms with Crippen LogP contribution in [0.15, 0.2) is 12.4 Å². The van der Waals surface area contributed by atoms with Crippen molar-refractivity contribution >= 4 is 0 Å². The van der Waals surface area contributed by atoms with Crippen molar-refractivity contribution in [2.45, 2.75) is 239 Å². The molecule has 0 amide bonds. The molecule has 0 aliphatic carbocycles. The first-order valence-corrected chi connectivity index (χ1v) is 19.8. The maximum Gasteiger partial charge on any atom is 0.257 e. The molecule has 0 fully saturated rings. The topological polar surface area (TPSA) is 19.7 Å². The molecule has 2 heteroatoms. The van der Waals surface area contributed by atoms with Gasteiger partial charge in [0, 0.05) is 0 Å². The summed E-state index contributed by atoms with van der Waals surface area (Å²) in [7, 11) is 0. The number of aromatic nitrogens is 2. The zero-order valence-electron chi connectivity index (χ0n) is 29.7. The molecule has 1 atom stereocenters. The molecule has 2 nitrogen and oxygen atoms in total. The average Bonchev–Trinajstić information content (AvgIpc) is 3.49. The van der Waals surface area contributed by atoms with E-state index in [0.29, 0.717) is 12.0 Å². The van der Waals surface area contributed by atoms with E-state index in [9.17, 15) is 0 Å². The van der Waals surface area contributed by atoms with Gasteiger partial charge in [0.25, 0.3) is 5.82 Å². The largest absolute Gasteiger partial charge is 0.257 e. The lowest BCUT2D eigenvalue weighted by atomic mass is 9.92. The second kappa shape index (κ2) is 30.2. The lowest BCUT2D eigenvalue weighted by Gasteiger charge is -2.17. The molecule has 248 valence electrons. The van der Waals surface area contributed by atoms with Crippen LogP contribution in [0, 0.1) is 0 Å². The first-order chi connectivity index (χ1) is 20.7. The highest BCUT2D eigenvalue weighted by atomic mass is 15.1. The van der Waals surface area contributed by atoms with Crippen molar-refractivity contribution in [3.05, 3.63) is 18.2 Å². The number of hydrogen-bond acceptors (Lipinski definition) is 0. The second-order valence-electron chi connectivity index (χ2n) is 14.0. The van der Waals surface area contributed by atoms with Crippen LogP contribution >= 0.6 is 0 Å². The molecule has 1 rings (SSSR count). The molecule has 0 aliphatic heterocycles. The highest BCUT2D eigenvalue weighted by Crippen LogP contribution is 2.27. The molecule has 1 N–H and O–H groups in total. The van der Waals surface area contributed by atoms with Crippen molar-refractivity contribution in [3.63, 3.8) is 0 Å². The average molecular weight is 588 g/mol. The standard InChI is InChI=1S/C40H78N2/c1-5-8-11-14-17-18-19-20-21-22-23-26-27-30-33-38(4)42-37-36-41-40(42)39(34-31-28-24-15-12-9-6-2)35-32-29-25-16-13-10-7-3/h36-39H,5-35H2,1-4H3/p+1.